The van der Waals surface area contributed by atoms with Crippen molar-refractivity contribution in [2.75, 3.05) is 53.9 Å². The third-order valence-corrected chi connectivity index (χ3v) is 15.8. The molecule has 0 aromatic heterocycles. The summed E-state index contributed by atoms with van der Waals surface area (Å²) in [4.78, 5) is 67.8. The highest BCUT2D eigenvalue weighted by Gasteiger charge is 2.64. The maximum absolute atomic E-state index is 14.4. The maximum Gasteiger partial charge on any atom is 0.338 e. The molecule has 3 aromatic carbocycles. The summed E-state index contributed by atoms with van der Waals surface area (Å²) in [6.07, 6.45) is -45.9. The van der Waals surface area contributed by atoms with Gasteiger partial charge in [-0.25, -0.2) is 14.4 Å². The Morgan fingerprint density at radius 2 is 0.969 bits per heavy atom. The lowest BCUT2D eigenvalue weighted by Crippen LogP contribution is -2.70. The molecule has 8 rings (SSSR count). The monoisotopic (exact) mass is 1370 g/mol. The number of aromatic hydroxyl groups is 2. The van der Waals surface area contributed by atoms with Gasteiger partial charge >= 0.3 is 29.8 Å². The molecule has 0 bridgehead atoms. The molecule has 5 aliphatic rings. The summed E-state index contributed by atoms with van der Waals surface area (Å²) in [6.45, 7) is -4.85. The summed E-state index contributed by atoms with van der Waals surface area (Å²) in [6, 6.07) is 14.9. The van der Waals surface area contributed by atoms with E-state index in [1.54, 1.807) is 6.07 Å². The van der Waals surface area contributed by atoms with Crippen molar-refractivity contribution >= 4 is 42.0 Å². The van der Waals surface area contributed by atoms with Crippen LogP contribution in [0.3, 0.4) is 0 Å². The highest BCUT2D eigenvalue weighted by molar-refractivity contribution is 5.90. The highest BCUT2D eigenvalue weighted by Crippen LogP contribution is 2.43. The molecule has 5 heterocycles. The quantitative estimate of drug-likeness (QED) is 0.0203. The van der Waals surface area contributed by atoms with Crippen LogP contribution in [0.2, 0.25) is 0 Å². The summed E-state index contributed by atoms with van der Waals surface area (Å²) < 4.78 is 94.5. The molecule has 0 amide bonds. The van der Waals surface area contributed by atoms with Crippen molar-refractivity contribution in [1.29, 1.82) is 0 Å². The normalized spacial score (nSPS) is 35.4. The third-order valence-electron chi connectivity index (χ3n) is 15.8. The number of carbonyl (C=O) groups is 5. The lowest BCUT2D eigenvalue weighted by Gasteiger charge is -2.51. The predicted octanol–water partition coefficient (Wildman–Crippen LogP) is -4.96. The molecule has 35 heteroatoms. The van der Waals surface area contributed by atoms with Crippen molar-refractivity contribution in [1.82, 2.24) is 0 Å². The van der Waals surface area contributed by atoms with E-state index in [1.165, 1.54) is 81.0 Å². The summed E-state index contributed by atoms with van der Waals surface area (Å²) in [5.41, 5.74) is 0.317. The van der Waals surface area contributed by atoms with Crippen LogP contribution < -0.4 is 9.47 Å². The van der Waals surface area contributed by atoms with Crippen LogP contribution in [0.15, 0.2) is 78.9 Å². The van der Waals surface area contributed by atoms with Crippen LogP contribution in [0.5, 0.6) is 23.0 Å². The smallest absolute Gasteiger partial charge is 0.338 e. The van der Waals surface area contributed by atoms with Crippen LogP contribution in [0.25, 0.3) is 12.2 Å². The van der Waals surface area contributed by atoms with E-state index in [9.17, 15) is 95.5 Å². The molecule has 0 radical (unpaired) electrons. The van der Waals surface area contributed by atoms with E-state index in [4.69, 9.17) is 75.8 Å². The van der Waals surface area contributed by atoms with Gasteiger partial charge in [0, 0.05) is 26.0 Å². The molecule has 0 aliphatic carbocycles. The summed E-state index contributed by atoms with van der Waals surface area (Å²) >= 11 is 0. The van der Waals surface area contributed by atoms with Crippen molar-refractivity contribution in [2.45, 2.75) is 161 Å². The van der Waals surface area contributed by atoms with Crippen molar-refractivity contribution in [3.8, 4) is 23.0 Å². The molecular formula is C61H76O35. The lowest BCUT2D eigenvalue weighted by atomic mass is 9.95. The average Bonchev–Trinajstić information content (AvgIpc) is 1.43. The fourth-order valence-corrected chi connectivity index (χ4v) is 10.9. The minimum Gasteiger partial charge on any atom is -0.504 e. The minimum atomic E-state index is -3.02. The van der Waals surface area contributed by atoms with E-state index in [-0.39, 0.29) is 39.7 Å². The number of benzene rings is 3. The SMILES string of the molecule is COc1cc(C=CC(=O)OC[C@@]2(O[C@H]3O[C@H](CO)[C@@H](OC(=O)C=Cc4ccc(O)c(OC)c4)[C@H](O[C@@H]4O[C@H](COC(C)=O)[C@@H](OC(C)=O)[C@H](O[C@@H]5O[C@H](CO)[C@@H](O)[C@H](O)[C@H]5O)[C@H]4O)[C@H]3O[C@@H]3O[C@H](CO)[C@@H](O)[C@H](O)[C@H]3O)O[C@H](CO)[C@@H](O)[C@@H]2OC(=O)c2ccccc2)ccc1O. The van der Waals surface area contributed by atoms with E-state index in [2.05, 4.69) is 0 Å². The fraction of sp³-hybridized carbons (Fsp3) is 0.557. The van der Waals surface area contributed by atoms with Crippen LogP contribution in [-0.4, -0.2) is 302 Å². The van der Waals surface area contributed by atoms with Crippen LogP contribution in [-0.2, 0) is 85.5 Å². The van der Waals surface area contributed by atoms with Crippen LogP contribution >= 0.6 is 0 Å². The zero-order chi connectivity index (χ0) is 69.9. The molecule has 0 unspecified atom stereocenters. The Hall–Kier alpha value is -7.15. The Morgan fingerprint density at radius 3 is 1.49 bits per heavy atom. The Balaban J connectivity index is 1.30. The van der Waals surface area contributed by atoms with Gasteiger partial charge in [-0.3, -0.25) is 9.59 Å². The highest BCUT2D eigenvalue weighted by atomic mass is 16.8. The standard InChI is InChI=1S/C61H76O35/c1-26(66)83-24-39-51(85-27(2)67)52(91-57-47(77)45(75)42(72)35(20-62)86-57)49(79)59(89-39)92-53-50(90-41(71)17-13-29-11-15-32(69)34(19-29)82-4)38(23-65)88-60(54(53)93-58-48(78)46(76)43(73)36(21-63)87-58)96-61(25-84-40(70)16-12-28-10-14-31(68)33(18-28)81-3)55(44(74)37(22-64)95-61)94-56(80)30-8-6-5-7-9-30/h5-19,35-39,42-55,57-60,62-65,68-69,72-79H,20-25H2,1-4H3/t35-,36-,37-,38-,39-,42-,43-,44-,45+,46+,47-,48-,49-,50-,51-,52-,53+,54-,55+,57+,58+,59+,60-,61+/m1/s1. The van der Waals surface area contributed by atoms with E-state index >= 15 is 0 Å². The number of phenols is 2. The molecule has 5 saturated heterocycles. The largest absolute Gasteiger partial charge is 0.504 e. The Morgan fingerprint density at radius 1 is 0.479 bits per heavy atom. The van der Waals surface area contributed by atoms with E-state index < -0.39 is 216 Å². The average molecular weight is 1370 g/mol. The predicted molar refractivity (Wildman–Crippen MR) is 310 cm³/mol. The number of carbonyl (C=O) groups excluding carboxylic acids is 5. The molecule has 3 aromatic rings. The van der Waals surface area contributed by atoms with Gasteiger partial charge in [-0.2, -0.15) is 0 Å². The first-order valence-corrected chi connectivity index (χ1v) is 29.6. The van der Waals surface area contributed by atoms with Gasteiger partial charge in [0.25, 0.3) is 0 Å². The number of ether oxygens (including phenoxy) is 16. The number of phenolic OH excluding ortho intramolecular Hbond substituents is 2. The van der Waals surface area contributed by atoms with Crippen LogP contribution in [0.1, 0.15) is 35.3 Å². The Labute approximate surface area is 545 Å². The van der Waals surface area contributed by atoms with Crippen molar-refractivity contribution in [3.63, 3.8) is 0 Å². The van der Waals surface area contributed by atoms with Gasteiger partial charge in [-0.15, -0.1) is 0 Å². The molecule has 35 nitrogen and oxygen atoms in total. The number of methoxy groups -OCH3 is 2. The Kier molecular flexibility index (Phi) is 26.0. The van der Waals surface area contributed by atoms with Gasteiger partial charge in [0.05, 0.1) is 46.2 Å². The number of hydrogen-bond acceptors (Lipinski definition) is 35. The molecule has 24 atom stereocenters. The molecule has 5 fully saturated rings. The van der Waals surface area contributed by atoms with Crippen molar-refractivity contribution in [3.05, 3.63) is 95.6 Å². The zero-order valence-corrected chi connectivity index (χ0v) is 51.5. The second-order valence-corrected chi connectivity index (χ2v) is 22.3. The van der Waals surface area contributed by atoms with Gasteiger partial charge in [-0.1, -0.05) is 30.3 Å². The molecular weight excluding hydrogens is 1290 g/mol. The molecule has 0 spiro atoms. The summed E-state index contributed by atoms with van der Waals surface area (Å²) in [5, 5.41) is 154. The second kappa shape index (κ2) is 33.4. The van der Waals surface area contributed by atoms with Gasteiger partial charge < -0.3 is 147 Å². The second-order valence-electron chi connectivity index (χ2n) is 22.3. The van der Waals surface area contributed by atoms with E-state index in [0.29, 0.717) is 0 Å². The number of aliphatic hydroxyl groups excluding tert-OH is 12. The topological polar surface area (TPSA) is 516 Å². The number of hydrogen-bond donors (Lipinski definition) is 14. The zero-order valence-electron chi connectivity index (χ0n) is 51.5. The van der Waals surface area contributed by atoms with Crippen LogP contribution in [0.4, 0.5) is 0 Å². The number of aliphatic hydroxyl groups is 12. The van der Waals surface area contributed by atoms with Crippen LogP contribution in [0, 0.1) is 0 Å². The van der Waals surface area contributed by atoms with Crippen molar-refractivity contribution in [2.24, 2.45) is 0 Å². The molecule has 0 saturated carbocycles. The third kappa shape index (κ3) is 17.4. The number of rotatable bonds is 26. The lowest BCUT2D eigenvalue weighted by molar-refractivity contribution is -0.423. The fourth-order valence-electron chi connectivity index (χ4n) is 10.9. The number of esters is 5. The Bertz CT molecular complexity index is 3150. The van der Waals surface area contributed by atoms with Gasteiger partial charge in [0.2, 0.25) is 5.79 Å². The molecule has 96 heavy (non-hydrogen) atoms. The first kappa shape index (κ1) is 74.6. The van der Waals surface area contributed by atoms with Gasteiger partial charge in [0.15, 0.2) is 66.5 Å². The summed E-state index contributed by atoms with van der Waals surface area (Å²) in [5.74, 6) is -9.47. The first-order valence-electron chi connectivity index (χ1n) is 29.6. The van der Waals surface area contributed by atoms with Gasteiger partial charge in [-0.05, 0) is 59.7 Å². The first-order chi connectivity index (χ1) is 45.8. The maximum atomic E-state index is 14.4. The van der Waals surface area contributed by atoms with E-state index in [0.717, 1.165) is 32.1 Å². The van der Waals surface area contributed by atoms with Crippen molar-refractivity contribution < 1.29 is 171 Å². The molecule has 5 aliphatic heterocycles. The van der Waals surface area contributed by atoms with Gasteiger partial charge in [0.1, 0.15) is 111 Å². The molecule has 530 valence electrons. The molecule has 14 N–H and O–H groups in total. The summed E-state index contributed by atoms with van der Waals surface area (Å²) in [7, 11) is 2.51. The minimum absolute atomic E-state index is 0.00293. The van der Waals surface area contributed by atoms with E-state index in [1.807, 2.05) is 0 Å².